The van der Waals surface area contributed by atoms with Gasteiger partial charge in [-0.1, -0.05) is 26.0 Å². The third-order valence-electron chi connectivity index (χ3n) is 3.25. The molecule has 0 radical (unpaired) electrons. The third-order valence-corrected chi connectivity index (χ3v) is 3.25. The molecule has 134 valence electrons. The lowest BCUT2D eigenvalue weighted by molar-refractivity contribution is -0.124. The van der Waals surface area contributed by atoms with Gasteiger partial charge in [-0.15, -0.1) is 0 Å². The molecular weight excluding hydrogens is 311 g/mol. The number of alkyl carbamates (subject to hydrolysis) is 1. The lowest BCUT2D eigenvalue weighted by Gasteiger charge is -2.25. The molecule has 1 aromatic carbocycles. The second kappa shape index (κ2) is 8.66. The van der Waals surface area contributed by atoms with Crippen molar-refractivity contribution in [1.29, 1.82) is 0 Å². The first-order valence-corrected chi connectivity index (χ1v) is 8.10. The van der Waals surface area contributed by atoms with Crippen molar-refractivity contribution in [2.45, 2.75) is 52.7 Å². The number of carbonyl (C=O) groups is 2. The quantitative estimate of drug-likeness (QED) is 0.838. The molecule has 1 unspecified atom stereocenters. The summed E-state index contributed by atoms with van der Waals surface area (Å²) in [4.78, 5) is 24.1. The number of ether oxygens (including phenoxy) is 1. The Morgan fingerprint density at radius 2 is 1.75 bits per heavy atom. The topological polar surface area (TPSA) is 67.4 Å². The molecule has 24 heavy (non-hydrogen) atoms. The van der Waals surface area contributed by atoms with Crippen LogP contribution in [0.5, 0.6) is 0 Å². The van der Waals surface area contributed by atoms with Crippen molar-refractivity contribution in [3.05, 3.63) is 35.6 Å². The molecular formula is C18H27FN2O3. The van der Waals surface area contributed by atoms with Gasteiger partial charge in [0.15, 0.2) is 0 Å². The molecule has 0 aliphatic carbocycles. The van der Waals surface area contributed by atoms with Crippen LogP contribution in [-0.2, 0) is 16.0 Å². The van der Waals surface area contributed by atoms with E-state index in [0.717, 1.165) is 5.56 Å². The summed E-state index contributed by atoms with van der Waals surface area (Å²) in [5.41, 5.74) is 0.308. The van der Waals surface area contributed by atoms with Crippen LogP contribution in [0, 0.1) is 11.7 Å². The van der Waals surface area contributed by atoms with E-state index in [1.807, 2.05) is 13.8 Å². The molecule has 0 bridgehead atoms. The number of rotatable bonds is 6. The fraction of sp³-hybridized carbons (Fsp3) is 0.556. The summed E-state index contributed by atoms with van der Waals surface area (Å²) in [6.07, 6.45) is -0.0293. The molecule has 1 atom stereocenters. The minimum atomic E-state index is -0.673. The highest BCUT2D eigenvalue weighted by Gasteiger charge is 2.26. The second-order valence-electron chi connectivity index (χ2n) is 7.04. The molecule has 0 saturated carbocycles. The molecule has 0 saturated heterocycles. The van der Waals surface area contributed by atoms with Crippen molar-refractivity contribution in [3.63, 3.8) is 0 Å². The molecule has 2 N–H and O–H groups in total. The fourth-order valence-corrected chi connectivity index (χ4v) is 2.06. The maximum absolute atomic E-state index is 12.8. The SMILES string of the molecule is CC(C)C(NC(=O)OC(C)(C)C)C(=O)NCCc1ccc(F)cc1. The number of hydrogen-bond acceptors (Lipinski definition) is 3. The normalized spacial score (nSPS) is 12.6. The van der Waals surface area contributed by atoms with Gasteiger partial charge in [-0.3, -0.25) is 4.79 Å². The Kier molecular flexibility index (Phi) is 7.19. The molecule has 1 aromatic rings. The summed E-state index contributed by atoms with van der Waals surface area (Å²) in [7, 11) is 0. The third kappa shape index (κ3) is 7.44. The van der Waals surface area contributed by atoms with Crippen LogP contribution in [0.25, 0.3) is 0 Å². The summed E-state index contributed by atoms with van der Waals surface area (Å²) in [6, 6.07) is 5.46. The average molecular weight is 338 g/mol. The van der Waals surface area contributed by atoms with Gasteiger partial charge >= 0.3 is 6.09 Å². The Hall–Kier alpha value is -2.11. The van der Waals surface area contributed by atoms with Crippen LogP contribution in [0.1, 0.15) is 40.2 Å². The zero-order valence-electron chi connectivity index (χ0n) is 15.0. The highest BCUT2D eigenvalue weighted by Crippen LogP contribution is 2.09. The molecule has 0 aromatic heterocycles. The molecule has 0 aliphatic rings. The van der Waals surface area contributed by atoms with Crippen molar-refractivity contribution in [3.8, 4) is 0 Å². The van der Waals surface area contributed by atoms with E-state index in [-0.39, 0.29) is 17.6 Å². The van der Waals surface area contributed by atoms with Crippen LogP contribution in [-0.4, -0.2) is 30.2 Å². The van der Waals surface area contributed by atoms with E-state index in [0.29, 0.717) is 13.0 Å². The maximum atomic E-state index is 12.8. The predicted molar refractivity (Wildman–Crippen MR) is 91.1 cm³/mol. The van der Waals surface area contributed by atoms with Crippen molar-refractivity contribution < 1.29 is 18.7 Å². The van der Waals surface area contributed by atoms with E-state index in [1.165, 1.54) is 12.1 Å². The molecule has 0 fully saturated rings. The van der Waals surface area contributed by atoms with Crippen molar-refractivity contribution in [1.82, 2.24) is 10.6 Å². The van der Waals surface area contributed by atoms with Crippen LogP contribution in [0.4, 0.5) is 9.18 Å². The van der Waals surface area contributed by atoms with Gasteiger partial charge < -0.3 is 15.4 Å². The number of benzene rings is 1. The van der Waals surface area contributed by atoms with Crippen LogP contribution >= 0.6 is 0 Å². The Balaban J connectivity index is 2.51. The molecule has 5 nitrogen and oxygen atoms in total. The van der Waals surface area contributed by atoms with E-state index >= 15 is 0 Å². The molecule has 2 amide bonds. The van der Waals surface area contributed by atoms with Gasteiger partial charge in [0.1, 0.15) is 17.5 Å². The number of nitrogens with one attached hydrogen (secondary N) is 2. The number of carbonyl (C=O) groups excluding carboxylic acids is 2. The minimum Gasteiger partial charge on any atom is -0.444 e. The first-order valence-electron chi connectivity index (χ1n) is 8.10. The number of halogens is 1. The first-order chi connectivity index (χ1) is 11.1. The van der Waals surface area contributed by atoms with Gasteiger partial charge in [0.05, 0.1) is 0 Å². The second-order valence-corrected chi connectivity index (χ2v) is 7.04. The van der Waals surface area contributed by atoms with E-state index in [9.17, 15) is 14.0 Å². The van der Waals surface area contributed by atoms with Gasteiger partial charge in [-0.05, 0) is 50.8 Å². The largest absolute Gasteiger partial charge is 0.444 e. The van der Waals surface area contributed by atoms with E-state index in [2.05, 4.69) is 10.6 Å². The van der Waals surface area contributed by atoms with Crippen molar-refractivity contribution in [2.75, 3.05) is 6.54 Å². The predicted octanol–water partition coefficient (Wildman–Crippen LogP) is 3.03. The zero-order chi connectivity index (χ0) is 18.3. The molecule has 0 spiro atoms. The number of hydrogen-bond donors (Lipinski definition) is 2. The Labute approximate surface area is 143 Å². The number of amides is 2. The lowest BCUT2D eigenvalue weighted by Crippen LogP contribution is -2.51. The standard InChI is InChI=1S/C18H27FN2O3/c1-12(2)15(21-17(23)24-18(3,4)5)16(22)20-11-10-13-6-8-14(19)9-7-13/h6-9,12,15H,10-11H2,1-5H3,(H,20,22)(H,21,23). The van der Waals surface area contributed by atoms with Gasteiger partial charge in [0, 0.05) is 6.54 Å². The molecule has 1 rings (SSSR count). The van der Waals surface area contributed by atoms with Gasteiger partial charge in [0.2, 0.25) is 5.91 Å². The summed E-state index contributed by atoms with van der Waals surface area (Å²) in [5, 5.41) is 5.40. The van der Waals surface area contributed by atoms with E-state index in [1.54, 1.807) is 32.9 Å². The maximum Gasteiger partial charge on any atom is 0.408 e. The van der Waals surface area contributed by atoms with Gasteiger partial charge in [-0.2, -0.15) is 0 Å². The summed E-state index contributed by atoms with van der Waals surface area (Å²) < 4.78 is 18.0. The smallest absolute Gasteiger partial charge is 0.408 e. The van der Waals surface area contributed by atoms with Crippen LogP contribution in [0.3, 0.4) is 0 Å². The molecule has 0 aliphatic heterocycles. The monoisotopic (exact) mass is 338 g/mol. The van der Waals surface area contributed by atoms with E-state index in [4.69, 9.17) is 4.74 Å². The van der Waals surface area contributed by atoms with Gasteiger partial charge in [-0.25, -0.2) is 9.18 Å². The Morgan fingerprint density at radius 3 is 2.25 bits per heavy atom. The Bertz CT molecular complexity index is 550. The summed E-state index contributed by atoms with van der Waals surface area (Å²) >= 11 is 0. The fourth-order valence-electron chi connectivity index (χ4n) is 2.06. The average Bonchev–Trinajstić information content (AvgIpc) is 2.44. The first kappa shape index (κ1) is 19.9. The lowest BCUT2D eigenvalue weighted by atomic mass is 10.0. The Morgan fingerprint density at radius 1 is 1.17 bits per heavy atom. The molecule has 6 heteroatoms. The van der Waals surface area contributed by atoms with Crippen molar-refractivity contribution >= 4 is 12.0 Å². The van der Waals surface area contributed by atoms with Gasteiger partial charge in [0.25, 0.3) is 0 Å². The van der Waals surface area contributed by atoms with Crippen LogP contribution < -0.4 is 10.6 Å². The minimum absolute atomic E-state index is 0.0802. The summed E-state index contributed by atoms with van der Waals surface area (Å²) in [6.45, 7) is 9.39. The van der Waals surface area contributed by atoms with Crippen LogP contribution in [0.15, 0.2) is 24.3 Å². The zero-order valence-corrected chi connectivity index (χ0v) is 15.0. The summed E-state index contributed by atoms with van der Waals surface area (Å²) in [5.74, 6) is -0.634. The van der Waals surface area contributed by atoms with Crippen molar-refractivity contribution in [2.24, 2.45) is 5.92 Å². The van der Waals surface area contributed by atoms with E-state index < -0.39 is 17.7 Å². The highest BCUT2D eigenvalue weighted by molar-refractivity contribution is 5.85. The highest BCUT2D eigenvalue weighted by atomic mass is 19.1. The van der Waals surface area contributed by atoms with Crippen LogP contribution in [0.2, 0.25) is 0 Å². The molecule has 0 heterocycles.